The van der Waals surface area contributed by atoms with Gasteiger partial charge in [0.05, 0.1) is 6.04 Å². The van der Waals surface area contributed by atoms with Gasteiger partial charge in [-0.05, 0) is 10.9 Å². The highest BCUT2D eigenvalue weighted by atomic mass is 16.3. The Hall–Kier alpha value is -2.32. The summed E-state index contributed by atoms with van der Waals surface area (Å²) >= 11 is 0. The maximum Gasteiger partial charge on any atom is 0.128 e. The monoisotopic (exact) mass is 249 g/mol. The smallest absolute Gasteiger partial charge is 0.128 e. The molecule has 0 spiro atoms. The van der Waals surface area contributed by atoms with E-state index in [0.717, 1.165) is 21.9 Å². The number of fused-ring (bicyclic) bond motifs is 1. The molecule has 3 N–H and O–H groups in total. The molecular formula is C17H15NO. The van der Waals surface area contributed by atoms with Gasteiger partial charge in [-0.3, -0.25) is 0 Å². The third-order valence-electron chi connectivity index (χ3n) is 3.43. The highest BCUT2D eigenvalue weighted by Crippen LogP contribution is 2.33. The largest absolute Gasteiger partial charge is 0.507 e. The Morgan fingerprint density at radius 1 is 0.789 bits per heavy atom. The van der Waals surface area contributed by atoms with Crippen molar-refractivity contribution in [2.75, 3.05) is 0 Å². The first-order chi connectivity index (χ1) is 9.27. The molecule has 0 aromatic heterocycles. The molecule has 0 saturated heterocycles. The van der Waals surface area contributed by atoms with Crippen LogP contribution in [0.25, 0.3) is 10.8 Å². The molecule has 3 aromatic rings. The maximum atomic E-state index is 10.4. The molecule has 2 nitrogen and oxygen atoms in total. The molecule has 3 aromatic carbocycles. The van der Waals surface area contributed by atoms with E-state index >= 15 is 0 Å². The zero-order chi connectivity index (χ0) is 13.2. The number of nitrogens with two attached hydrogens (primary N) is 1. The first kappa shape index (κ1) is 11.8. The topological polar surface area (TPSA) is 46.2 Å². The lowest BCUT2D eigenvalue weighted by Crippen LogP contribution is -2.11. The van der Waals surface area contributed by atoms with Crippen LogP contribution in [0.15, 0.2) is 66.7 Å². The molecule has 0 heterocycles. The molecule has 1 unspecified atom stereocenters. The van der Waals surface area contributed by atoms with E-state index in [1.54, 1.807) is 0 Å². The van der Waals surface area contributed by atoms with Gasteiger partial charge in [0.1, 0.15) is 5.75 Å². The van der Waals surface area contributed by atoms with Crippen LogP contribution in [0.1, 0.15) is 17.2 Å². The highest BCUT2D eigenvalue weighted by molar-refractivity contribution is 5.89. The van der Waals surface area contributed by atoms with E-state index in [0.29, 0.717) is 0 Å². The molecule has 19 heavy (non-hydrogen) atoms. The summed E-state index contributed by atoms with van der Waals surface area (Å²) in [6.07, 6.45) is 0. The molecule has 0 amide bonds. The molecule has 0 fully saturated rings. The summed E-state index contributed by atoms with van der Waals surface area (Å²) in [6, 6.07) is 21.1. The molecule has 0 radical (unpaired) electrons. The quantitative estimate of drug-likeness (QED) is 0.729. The van der Waals surface area contributed by atoms with E-state index in [-0.39, 0.29) is 11.8 Å². The van der Waals surface area contributed by atoms with Crippen molar-refractivity contribution in [1.29, 1.82) is 0 Å². The summed E-state index contributed by atoms with van der Waals surface area (Å²) in [5, 5.41) is 12.3. The lowest BCUT2D eigenvalue weighted by molar-refractivity contribution is 0.472. The van der Waals surface area contributed by atoms with Gasteiger partial charge in [0.2, 0.25) is 0 Å². The second-order valence-corrected chi connectivity index (χ2v) is 4.61. The number of hydrogen-bond acceptors (Lipinski definition) is 2. The van der Waals surface area contributed by atoms with E-state index in [4.69, 9.17) is 5.73 Å². The number of rotatable bonds is 2. The van der Waals surface area contributed by atoms with Gasteiger partial charge in [-0.25, -0.2) is 0 Å². The molecule has 0 aliphatic carbocycles. The van der Waals surface area contributed by atoms with E-state index in [1.165, 1.54) is 0 Å². The van der Waals surface area contributed by atoms with Crippen molar-refractivity contribution in [2.24, 2.45) is 5.73 Å². The van der Waals surface area contributed by atoms with Gasteiger partial charge in [-0.1, -0.05) is 66.7 Å². The molecule has 3 rings (SSSR count). The number of phenolic OH excluding ortho intramolecular Hbond substituents is 1. The van der Waals surface area contributed by atoms with Gasteiger partial charge in [0.25, 0.3) is 0 Å². The SMILES string of the molecule is NC(c1ccccc1)c1ccc2ccccc2c1O. The van der Waals surface area contributed by atoms with Gasteiger partial charge in [-0.15, -0.1) is 0 Å². The van der Waals surface area contributed by atoms with Crippen molar-refractivity contribution in [3.63, 3.8) is 0 Å². The Morgan fingerprint density at radius 3 is 2.26 bits per heavy atom. The molecule has 2 heteroatoms. The van der Waals surface area contributed by atoms with Gasteiger partial charge >= 0.3 is 0 Å². The standard InChI is InChI=1S/C17H15NO/c18-16(13-7-2-1-3-8-13)15-11-10-12-6-4-5-9-14(12)17(15)19/h1-11,16,19H,18H2. The number of hydrogen-bond donors (Lipinski definition) is 2. The van der Waals surface area contributed by atoms with E-state index < -0.39 is 0 Å². The summed E-state index contributed by atoms with van der Waals surface area (Å²) in [6.45, 7) is 0. The first-order valence-corrected chi connectivity index (χ1v) is 6.28. The van der Waals surface area contributed by atoms with Crippen molar-refractivity contribution in [3.8, 4) is 5.75 Å². The minimum Gasteiger partial charge on any atom is -0.507 e. The van der Waals surface area contributed by atoms with Crippen LogP contribution in [-0.4, -0.2) is 5.11 Å². The second-order valence-electron chi connectivity index (χ2n) is 4.61. The van der Waals surface area contributed by atoms with Crippen molar-refractivity contribution < 1.29 is 5.11 Å². The minimum atomic E-state index is -0.314. The van der Waals surface area contributed by atoms with Gasteiger partial charge in [0.15, 0.2) is 0 Å². The number of aromatic hydroxyl groups is 1. The van der Waals surface area contributed by atoms with Crippen LogP contribution in [0.4, 0.5) is 0 Å². The Kier molecular flexibility index (Phi) is 2.94. The molecular weight excluding hydrogens is 234 g/mol. The summed E-state index contributed by atoms with van der Waals surface area (Å²) in [7, 11) is 0. The van der Waals surface area contributed by atoms with Crippen molar-refractivity contribution >= 4 is 10.8 Å². The Labute approximate surface area is 112 Å². The lowest BCUT2D eigenvalue weighted by Gasteiger charge is -2.15. The highest BCUT2D eigenvalue weighted by Gasteiger charge is 2.14. The zero-order valence-corrected chi connectivity index (χ0v) is 10.5. The first-order valence-electron chi connectivity index (χ1n) is 6.28. The third kappa shape index (κ3) is 2.07. The molecule has 1 atom stereocenters. The summed E-state index contributed by atoms with van der Waals surface area (Å²) < 4.78 is 0. The summed E-state index contributed by atoms with van der Waals surface area (Å²) in [5.74, 6) is 0.273. The molecule has 94 valence electrons. The summed E-state index contributed by atoms with van der Waals surface area (Å²) in [4.78, 5) is 0. The van der Waals surface area contributed by atoms with Crippen LogP contribution in [0.2, 0.25) is 0 Å². The molecule has 0 saturated carbocycles. The predicted molar refractivity (Wildman–Crippen MR) is 78.1 cm³/mol. The van der Waals surface area contributed by atoms with E-state index in [2.05, 4.69) is 0 Å². The Bertz CT molecular complexity index is 707. The van der Waals surface area contributed by atoms with E-state index in [1.807, 2.05) is 66.7 Å². The van der Waals surface area contributed by atoms with Crippen molar-refractivity contribution in [2.45, 2.75) is 6.04 Å². The van der Waals surface area contributed by atoms with E-state index in [9.17, 15) is 5.11 Å². The van der Waals surface area contributed by atoms with Gasteiger partial charge in [0, 0.05) is 10.9 Å². The van der Waals surface area contributed by atoms with Gasteiger partial charge in [-0.2, -0.15) is 0 Å². The number of benzene rings is 3. The minimum absolute atomic E-state index is 0.273. The Morgan fingerprint density at radius 2 is 1.47 bits per heavy atom. The fraction of sp³-hybridized carbons (Fsp3) is 0.0588. The summed E-state index contributed by atoms with van der Waals surface area (Å²) in [5.41, 5.74) is 8.00. The number of phenols is 1. The van der Waals surface area contributed by atoms with Crippen LogP contribution in [-0.2, 0) is 0 Å². The van der Waals surface area contributed by atoms with Crippen LogP contribution in [0.5, 0.6) is 5.75 Å². The van der Waals surface area contributed by atoms with Crippen LogP contribution in [0, 0.1) is 0 Å². The van der Waals surface area contributed by atoms with Crippen molar-refractivity contribution in [3.05, 3.63) is 77.9 Å². The normalized spacial score (nSPS) is 12.5. The lowest BCUT2D eigenvalue weighted by atomic mass is 9.96. The maximum absolute atomic E-state index is 10.4. The zero-order valence-electron chi connectivity index (χ0n) is 10.5. The fourth-order valence-electron chi connectivity index (χ4n) is 2.36. The van der Waals surface area contributed by atoms with Crippen LogP contribution < -0.4 is 5.73 Å². The van der Waals surface area contributed by atoms with Gasteiger partial charge < -0.3 is 10.8 Å². The fourth-order valence-corrected chi connectivity index (χ4v) is 2.36. The Balaban J connectivity index is 2.13. The molecule has 0 aliphatic rings. The second kappa shape index (κ2) is 4.75. The van der Waals surface area contributed by atoms with Crippen molar-refractivity contribution in [1.82, 2.24) is 0 Å². The third-order valence-corrected chi connectivity index (χ3v) is 3.43. The molecule has 0 bridgehead atoms. The van der Waals surface area contributed by atoms with Crippen LogP contribution >= 0.6 is 0 Å². The molecule has 0 aliphatic heterocycles. The average molecular weight is 249 g/mol. The van der Waals surface area contributed by atoms with Crippen LogP contribution in [0.3, 0.4) is 0 Å². The average Bonchev–Trinajstić information content (AvgIpc) is 2.48. The predicted octanol–water partition coefficient (Wildman–Crippen LogP) is 3.59.